The molecule has 0 aliphatic carbocycles. The smallest absolute Gasteiger partial charge is 0.307 e. The average Bonchev–Trinajstić information content (AvgIpc) is 2.48. The molecule has 0 aliphatic rings. The first-order chi connectivity index (χ1) is 11.7. The van der Waals surface area contributed by atoms with Gasteiger partial charge >= 0.3 is 5.97 Å². The summed E-state index contributed by atoms with van der Waals surface area (Å²) in [6, 6.07) is 4.83. The topological polar surface area (TPSA) is 164 Å². The molecule has 0 unspecified atom stereocenters. The molecule has 25 heavy (non-hydrogen) atoms. The van der Waals surface area contributed by atoms with Crippen LogP contribution in [0.25, 0.3) is 0 Å². The average molecular weight is 347 g/mol. The number of carboxylic acids is 1. The molecule has 2 amide bonds. The number of carbonyl (C=O) groups is 3. The van der Waals surface area contributed by atoms with Gasteiger partial charge in [0.2, 0.25) is 0 Å². The van der Waals surface area contributed by atoms with Crippen molar-refractivity contribution < 1.29 is 39.9 Å². The number of phenolic OH excluding ortho intramolecular Hbond substituents is 4. The molecule has 0 saturated heterocycles. The summed E-state index contributed by atoms with van der Waals surface area (Å²) < 4.78 is 0. The molecule has 9 heteroatoms. The quantitative estimate of drug-likeness (QED) is 0.347. The predicted molar refractivity (Wildman–Crippen MR) is 82.7 cm³/mol. The second kappa shape index (κ2) is 6.79. The van der Waals surface area contributed by atoms with Crippen molar-refractivity contribution in [3.63, 3.8) is 0 Å². The molecule has 0 aliphatic heterocycles. The van der Waals surface area contributed by atoms with Crippen molar-refractivity contribution in [3.05, 3.63) is 47.0 Å². The maximum absolute atomic E-state index is 12.1. The van der Waals surface area contributed by atoms with Gasteiger partial charge in [0.25, 0.3) is 11.8 Å². The highest BCUT2D eigenvalue weighted by Gasteiger charge is 2.20. The van der Waals surface area contributed by atoms with Crippen LogP contribution in [0.15, 0.2) is 30.3 Å². The summed E-state index contributed by atoms with van der Waals surface area (Å²) in [5, 5.41) is 48.9. The van der Waals surface area contributed by atoms with E-state index in [9.17, 15) is 34.8 Å². The molecule has 2 aromatic carbocycles. The van der Waals surface area contributed by atoms with Crippen molar-refractivity contribution in [2.75, 3.05) is 0 Å². The van der Waals surface area contributed by atoms with E-state index in [1.165, 1.54) is 0 Å². The van der Waals surface area contributed by atoms with Gasteiger partial charge in [-0.3, -0.25) is 19.7 Å². The zero-order valence-electron chi connectivity index (χ0n) is 12.6. The van der Waals surface area contributed by atoms with E-state index in [4.69, 9.17) is 5.11 Å². The van der Waals surface area contributed by atoms with E-state index in [-0.39, 0.29) is 11.1 Å². The first-order valence-corrected chi connectivity index (χ1v) is 6.82. The molecule has 0 aromatic heterocycles. The highest BCUT2D eigenvalue weighted by Crippen LogP contribution is 2.28. The summed E-state index contributed by atoms with van der Waals surface area (Å²) in [4.78, 5) is 34.9. The third kappa shape index (κ3) is 4.16. The van der Waals surface area contributed by atoms with Crippen LogP contribution < -0.4 is 5.32 Å². The van der Waals surface area contributed by atoms with Crippen LogP contribution in [0, 0.1) is 0 Å². The van der Waals surface area contributed by atoms with Gasteiger partial charge in [-0.15, -0.1) is 0 Å². The van der Waals surface area contributed by atoms with Gasteiger partial charge in [-0.1, -0.05) is 0 Å². The van der Waals surface area contributed by atoms with Gasteiger partial charge in [-0.25, -0.2) is 0 Å². The summed E-state index contributed by atoms with van der Waals surface area (Å²) >= 11 is 0. The summed E-state index contributed by atoms with van der Waals surface area (Å²) in [5.41, 5.74) is -0.940. The SMILES string of the molecule is O=C(O)Cc1cc(O)cc(C(=O)NC(=O)c2cc(O)cc(O)c2)c1O. The molecule has 0 saturated carbocycles. The number of aromatic hydroxyl groups is 4. The lowest BCUT2D eigenvalue weighted by atomic mass is 10.0. The van der Waals surface area contributed by atoms with E-state index in [1.807, 2.05) is 5.32 Å². The number of nitrogens with one attached hydrogen (secondary N) is 1. The fourth-order valence-electron chi connectivity index (χ4n) is 2.12. The maximum atomic E-state index is 12.1. The van der Waals surface area contributed by atoms with Gasteiger partial charge in [0, 0.05) is 17.2 Å². The largest absolute Gasteiger partial charge is 0.508 e. The van der Waals surface area contributed by atoms with Crippen molar-refractivity contribution in [1.82, 2.24) is 5.32 Å². The number of rotatable bonds is 4. The molecule has 2 rings (SSSR count). The van der Waals surface area contributed by atoms with Crippen LogP contribution in [0.3, 0.4) is 0 Å². The Hall–Kier alpha value is -3.75. The van der Waals surface area contributed by atoms with Crippen molar-refractivity contribution in [1.29, 1.82) is 0 Å². The van der Waals surface area contributed by atoms with Crippen LogP contribution in [-0.2, 0) is 11.2 Å². The number of hydrogen-bond donors (Lipinski definition) is 6. The lowest BCUT2D eigenvalue weighted by Crippen LogP contribution is -2.30. The van der Waals surface area contributed by atoms with Gasteiger partial charge in [-0.05, 0) is 24.3 Å². The number of imide groups is 1. The van der Waals surface area contributed by atoms with Gasteiger partial charge < -0.3 is 25.5 Å². The monoisotopic (exact) mass is 347 g/mol. The number of amides is 2. The van der Waals surface area contributed by atoms with Crippen LogP contribution in [0.1, 0.15) is 26.3 Å². The second-order valence-corrected chi connectivity index (χ2v) is 5.09. The molecule has 0 fully saturated rings. The van der Waals surface area contributed by atoms with Gasteiger partial charge in [0.05, 0.1) is 12.0 Å². The molecule has 6 N–H and O–H groups in total. The Balaban J connectivity index is 2.30. The lowest BCUT2D eigenvalue weighted by Gasteiger charge is -2.10. The van der Waals surface area contributed by atoms with Crippen LogP contribution >= 0.6 is 0 Å². The number of carbonyl (C=O) groups excluding carboxylic acids is 2. The summed E-state index contributed by atoms with van der Waals surface area (Å²) in [6.45, 7) is 0. The Morgan fingerprint density at radius 1 is 0.800 bits per heavy atom. The van der Waals surface area contributed by atoms with Crippen LogP contribution in [0.2, 0.25) is 0 Å². The van der Waals surface area contributed by atoms with Crippen molar-refractivity contribution >= 4 is 17.8 Å². The normalized spacial score (nSPS) is 10.2. The third-order valence-corrected chi connectivity index (χ3v) is 3.15. The van der Waals surface area contributed by atoms with Gasteiger partial charge in [0.15, 0.2) is 0 Å². The predicted octanol–water partition coefficient (Wildman–Crippen LogP) is 0.706. The first kappa shape index (κ1) is 17.6. The number of phenols is 4. The zero-order valence-corrected chi connectivity index (χ0v) is 12.6. The van der Waals surface area contributed by atoms with Gasteiger partial charge in [-0.2, -0.15) is 0 Å². The van der Waals surface area contributed by atoms with Crippen molar-refractivity contribution in [2.24, 2.45) is 0 Å². The molecule has 0 bridgehead atoms. The van der Waals surface area contributed by atoms with E-state index < -0.39 is 52.8 Å². The highest BCUT2D eigenvalue weighted by atomic mass is 16.4. The molecular formula is C16H13NO8. The fraction of sp³-hybridized carbons (Fsp3) is 0.0625. The standard InChI is InChI=1S/C16H13NO8/c18-9-2-8(3-10(19)5-9)15(24)17-16(25)12-6-11(20)1-7(14(12)23)4-13(21)22/h1-3,5-6,18-20,23H,4H2,(H,21,22)(H,17,24,25). The van der Waals surface area contributed by atoms with Crippen LogP contribution in [0.5, 0.6) is 23.0 Å². The molecule has 9 nitrogen and oxygen atoms in total. The molecule has 2 aromatic rings. The number of benzene rings is 2. The second-order valence-electron chi connectivity index (χ2n) is 5.09. The molecule has 0 radical (unpaired) electrons. The van der Waals surface area contributed by atoms with E-state index in [1.54, 1.807) is 0 Å². The highest BCUT2D eigenvalue weighted by molar-refractivity contribution is 6.11. The Morgan fingerprint density at radius 3 is 1.92 bits per heavy atom. The lowest BCUT2D eigenvalue weighted by molar-refractivity contribution is -0.136. The Bertz CT molecular complexity index is 854. The van der Waals surface area contributed by atoms with Crippen LogP contribution in [0.4, 0.5) is 0 Å². The number of aliphatic carboxylic acids is 1. The van der Waals surface area contributed by atoms with E-state index >= 15 is 0 Å². The van der Waals surface area contributed by atoms with E-state index in [2.05, 4.69) is 0 Å². The minimum absolute atomic E-state index is 0.208. The summed E-state index contributed by atoms with van der Waals surface area (Å²) in [7, 11) is 0. The molecular weight excluding hydrogens is 334 g/mol. The first-order valence-electron chi connectivity index (χ1n) is 6.82. The Labute approximate surface area is 140 Å². The summed E-state index contributed by atoms with van der Waals surface area (Å²) in [6.07, 6.45) is -0.644. The van der Waals surface area contributed by atoms with Crippen molar-refractivity contribution in [2.45, 2.75) is 6.42 Å². The van der Waals surface area contributed by atoms with Gasteiger partial charge in [0.1, 0.15) is 23.0 Å². The molecule has 0 atom stereocenters. The minimum atomic E-state index is -1.29. The fourth-order valence-corrected chi connectivity index (χ4v) is 2.12. The maximum Gasteiger partial charge on any atom is 0.307 e. The van der Waals surface area contributed by atoms with E-state index in [0.29, 0.717) is 0 Å². The molecule has 0 spiro atoms. The number of carboxylic acid groups (broad SMARTS) is 1. The zero-order chi connectivity index (χ0) is 18.7. The minimum Gasteiger partial charge on any atom is -0.508 e. The summed E-state index contributed by atoms with van der Waals surface area (Å²) in [5.74, 6) is -5.35. The molecule has 130 valence electrons. The third-order valence-electron chi connectivity index (χ3n) is 3.15. The number of hydrogen-bond acceptors (Lipinski definition) is 7. The van der Waals surface area contributed by atoms with Crippen molar-refractivity contribution in [3.8, 4) is 23.0 Å². The Kier molecular flexibility index (Phi) is 4.78. The van der Waals surface area contributed by atoms with E-state index in [0.717, 1.165) is 30.3 Å². The Morgan fingerprint density at radius 2 is 1.36 bits per heavy atom. The van der Waals surface area contributed by atoms with Crippen LogP contribution in [-0.4, -0.2) is 43.3 Å². The molecule has 0 heterocycles.